The van der Waals surface area contributed by atoms with Gasteiger partial charge in [0.2, 0.25) is 5.91 Å². The minimum atomic E-state index is -0.174. The minimum absolute atomic E-state index is 0.0171. The van der Waals surface area contributed by atoms with Crippen molar-refractivity contribution in [2.45, 2.75) is 33.1 Å². The highest BCUT2D eigenvalue weighted by Gasteiger charge is 2.16. The second-order valence-corrected chi connectivity index (χ2v) is 6.28. The van der Waals surface area contributed by atoms with Gasteiger partial charge in [-0.1, -0.05) is 38.1 Å². The maximum atomic E-state index is 12.1. The first-order valence-corrected chi connectivity index (χ1v) is 7.73. The summed E-state index contributed by atoms with van der Waals surface area (Å²) in [4.78, 5) is 16.2. The zero-order valence-electron chi connectivity index (χ0n) is 12.1. The number of hydrogen-bond acceptors (Lipinski definition) is 3. The molecule has 1 heterocycles. The van der Waals surface area contributed by atoms with Crippen LogP contribution in [0.3, 0.4) is 0 Å². The van der Waals surface area contributed by atoms with Gasteiger partial charge in [-0.3, -0.25) is 4.79 Å². The maximum Gasteiger partial charge on any atom is 0.233 e. The number of rotatable bonds is 5. The SMILES string of the molecule is CC(C)Cc1ccc([C@H](C)C(=O)Nc2nccs2)cc1. The highest BCUT2D eigenvalue weighted by atomic mass is 32.1. The number of carbonyl (C=O) groups excluding carboxylic acids is 1. The van der Waals surface area contributed by atoms with E-state index >= 15 is 0 Å². The first kappa shape index (κ1) is 14.7. The molecule has 2 aromatic rings. The van der Waals surface area contributed by atoms with Crippen molar-refractivity contribution in [3.8, 4) is 0 Å². The Labute approximate surface area is 124 Å². The third-order valence-corrected chi connectivity index (χ3v) is 3.87. The van der Waals surface area contributed by atoms with Crippen molar-refractivity contribution in [2.24, 2.45) is 5.92 Å². The predicted octanol–water partition coefficient (Wildman–Crippen LogP) is 4.08. The van der Waals surface area contributed by atoms with E-state index in [2.05, 4.69) is 36.3 Å². The Hall–Kier alpha value is -1.68. The molecule has 0 fully saturated rings. The molecule has 1 aromatic heterocycles. The number of carbonyl (C=O) groups is 1. The lowest BCUT2D eigenvalue weighted by Gasteiger charge is -2.12. The number of thiazole rings is 1. The van der Waals surface area contributed by atoms with Gasteiger partial charge < -0.3 is 5.32 Å². The van der Waals surface area contributed by atoms with E-state index in [0.717, 1.165) is 12.0 Å². The molecule has 0 aliphatic heterocycles. The van der Waals surface area contributed by atoms with Gasteiger partial charge >= 0.3 is 0 Å². The number of anilines is 1. The molecule has 1 amide bonds. The van der Waals surface area contributed by atoms with E-state index in [-0.39, 0.29) is 11.8 Å². The molecular formula is C16H20N2OS. The van der Waals surface area contributed by atoms with Crippen LogP contribution in [0.15, 0.2) is 35.8 Å². The van der Waals surface area contributed by atoms with E-state index in [9.17, 15) is 4.79 Å². The van der Waals surface area contributed by atoms with Gasteiger partial charge in [-0.25, -0.2) is 4.98 Å². The highest BCUT2D eigenvalue weighted by molar-refractivity contribution is 7.13. The monoisotopic (exact) mass is 288 g/mol. The summed E-state index contributed by atoms with van der Waals surface area (Å²) in [7, 11) is 0. The summed E-state index contributed by atoms with van der Waals surface area (Å²) in [6.45, 7) is 6.33. The number of nitrogens with one attached hydrogen (secondary N) is 1. The summed E-state index contributed by atoms with van der Waals surface area (Å²) in [5.41, 5.74) is 2.35. The maximum absolute atomic E-state index is 12.1. The summed E-state index contributed by atoms with van der Waals surface area (Å²) >= 11 is 1.43. The molecule has 0 spiro atoms. The fourth-order valence-electron chi connectivity index (χ4n) is 2.06. The van der Waals surface area contributed by atoms with Gasteiger partial charge in [0.05, 0.1) is 5.92 Å². The van der Waals surface area contributed by atoms with E-state index in [1.165, 1.54) is 16.9 Å². The molecule has 1 N–H and O–H groups in total. The number of nitrogens with zero attached hydrogens (tertiary/aromatic N) is 1. The Balaban J connectivity index is 2.01. The first-order chi connectivity index (χ1) is 9.56. The summed E-state index contributed by atoms with van der Waals surface area (Å²) in [6.07, 6.45) is 2.76. The van der Waals surface area contributed by atoms with Crippen LogP contribution in [0.4, 0.5) is 5.13 Å². The fraction of sp³-hybridized carbons (Fsp3) is 0.375. The van der Waals surface area contributed by atoms with Crippen LogP contribution in [0.2, 0.25) is 0 Å². The predicted molar refractivity (Wildman–Crippen MR) is 84.1 cm³/mol. The minimum Gasteiger partial charge on any atom is -0.301 e. The smallest absolute Gasteiger partial charge is 0.233 e. The second kappa shape index (κ2) is 6.66. The van der Waals surface area contributed by atoms with Crippen molar-refractivity contribution in [3.05, 3.63) is 47.0 Å². The van der Waals surface area contributed by atoms with E-state index < -0.39 is 0 Å². The number of hydrogen-bond donors (Lipinski definition) is 1. The van der Waals surface area contributed by atoms with Crippen molar-refractivity contribution in [1.82, 2.24) is 4.98 Å². The van der Waals surface area contributed by atoms with Gasteiger partial charge in [0, 0.05) is 11.6 Å². The molecule has 0 aliphatic rings. The lowest BCUT2D eigenvalue weighted by atomic mass is 9.96. The second-order valence-electron chi connectivity index (χ2n) is 5.39. The first-order valence-electron chi connectivity index (χ1n) is 6.85. The van der Waals surface area contributed by atoms with E-state index in [1.807, 2.05) is 24.4 Å². The fourth-order valence-corrected chi connectivity index (χ4v) is 2.60. The van der Waals surface area contributed by atoms with Crippen molar-refractivity contribution < 1.29 is 4.79 Å². The lowest BCUT2D eigenvalue weighted by Crippen LogP contribution is -2.18. The highest BCUT2D eigenvalue weighted by Crippen LogP contribution is 2.20. The number of aromatic nitrogens is 1. The van der Waals surface area contributed by atoms with Gasteiger partial charge in [0.25, 0.3) is 0 Å². The molecule has 4 heteroatoms. The Morgan fingerprint density at radius 1 is 1.25 bits per heavy atom. The molecule has 20 heavy (non-hydrogen) atoms. The average Bonchev–Trinajstić information content (AvgIpc) is 2.91. The zero-order chi connectivity index (χ0) is 14.5. The molecule has 0 aliphatic carbocycles. The van der Waals surface area contributed by atoms with E-state index in [4.69, 9.17) is 0 Å². The normalized spacial score (nSPS) is 12.4. The van der Waals surface area contributed by atoms with Gasteiger partial charge in [0.15, 0.2) is 5.13 Å². The molecule has 1 aromatic carbocycles. The van der Waals surface area contributed by atoms with Crippen molar-refractivity contribution >= 4 is 22.4 Å². The Kier molecular flexibility index (Phi) is 4.90. The van der Waals surface area contributed by atoms with Crippen molar-refractivity contribution in [3.63, 3.8) is 0 Å². The van der Waals surface area contributed by atoms with Crippen molar-refractivity contribution in [1.29, 1.82) is 0 Å². The molecule has 1 atom stereocenters. The van der Waals surface area contributed by atoms with E-state index in [1.54, 1.807) is 6.20 Å². The Bertz CT molecular complexity index is 546. The summed E-state index contributed by atoms with van der Waals surface area (Å²) < 4.78 is 0. The Morgan fingerprint density at radius 2 is 1.95 bits per heavy atom. The molecule has 106 valence electrons. The van der Waals surface area contributed by atoms with Crippen molar-refractivity contribution in [2.75, 3.05) is 5.32 Å². The summed E-state index contributed by atoms with van der Waals surface area (Å²) in [5, 5.41) is 5.33. The summed E-state index contributed by atoms with van der Waals surface area (Å²) in [6, 6.07) is 8.32. The van der Waals surface area contributed by atoms with Crippen LogP contribution in [-0.4, -0.2) is 10.9 Å². The van der Waals surface area contributed by atoms with Gasteiger partial charge in [-0.15, -0.1) is 11.3 Å². The van der Waals surface area contributed by atoms with Gasteiger partial charge in [-0.2, -0.15) is 0 Å². The average molecular weight is 288 g/mol. The van der Waals surface area contributed by atoms with Crippen LogP contribution in [0, 0.1) is 5.92 Å². The quantitative estimate of drug-likeness (QED) is 0.900. The molecule has 0 bridgehead atoms. The summed E-state index contributed by atoms with van der Waals surface area (Å²) in [5.74, 6) is 0.454. The molecule has 0 unspecified atom stereocenters. The zero-order valence-corrected chi connectivity index (χ0v) is 12.9. The largest absolute Gasteiger partial charge is 0.301 e. The molecule has 2 rings (SSSR count). The van der Waals surface area contributed by atoms with Crippen LogP contribution in [0.25, 0.3) is 0 Å². The molecule has 3 nitrogen and oxygen atoms in total. The molecule has 0 saturated carbocycles. The third kappa shape index (κ3) is 3.90. The van der Waals surface area contributed by atoms with Gasteiger partial charge in [-0.05, 0) is 30.4 Å². The van der Waals surface area contributed by atoms with Crippen LogP contribution >= 0.6 is 11.3 Å². The van der Waals surface area contributed by atoms with Crippen LogP contribution in [-0.2, 0) is 11.2 Å². The van der Waals surface area contributed by atoms with Crippen LogP contribution in [0.5, 0.6) is 0 Å². The van der Waals surface area contributed by atoms with Crippen LogP contribution in [0.1, 0.15) is 37.8 Å². The topological polar surface area (TPSA) is 42.0 Å². The van der Waals surface area contributed by atoms with E-state index in [0.29, 0.717) is 11.0 Å². The molecular weight excluding hydrogens is 268 g/mol. The van der Waals surface area contributed by atoms with Crippen LogP contribution < -0.4 is 5.32 Å². The van der Waals surface area contributed by atoms with Gasteiger partial charge in [0.1, 0.15) is 0 Å². The lowest BCUT2D eigenvalue weighted by molar-refractivity contribution is -0.117. The molecule has 0 radical (unpaired) electrons. The standard InChI is InChI=1S/C16H20N2OS/c1-11(2)10-13-4-6-14(7-5-13)12(3)15(19)18-16-17-8-9-20-16/h4-9,11-12H,10H2,1-3H3,(H,17,18,19)/t12-/m0/s1. The number of benzene rings is 1. The molecule has 0 saturated heterocycles. The Morgan fingerprint density at radius 3 is 2.50 bits per heavy atom. The third-order valence-electron chi connectivity index (χ3n) is 3.18. The number of amides is 1.